The number of aliphatic hydroxyl groups excluding tert-OH is 2. The molecular formula is C19H34N6O11. The fraction of sp³-hybridized carbons (Fsp3) is 0.684. The van der Waals surface area contributed by atoms with E-state index in [1.165, 1.54) is 6.92 Å². The van der Waals surface area contributed by atoms with Crippen LogP contribution in [0.3, 0.4) is 0 Å². The zero-order valence-electron chi connectivity index (χ0n) is 19.7. The highest BCUT2D eigenvalue weighted by atomic mass is 16.5. The van der Waals surface area contributed by atoms with E-state index in [0.717, 1.165) is 0 Å². The van der Waals surface area contributed by atoms with E-state index in [4.69, 9.17) is 26.0 Å². The fourth-order valence-corrected chi connectivity index (χ4v) is 2.50. The van der Waals surface area contributed by atoms with Gasteiger partial charge in [-0.05, 0) is 13.3 Å². The Bertz CT molecular complexity index is 764. The van der Waals surface area contributed by atoms with Crippen LogP contribution in [0.25, 0.3) is 0 Å². The van der Waals surface area contributed by atoms with Crippen molar-refractivity contribution in [1.29, 1.82) is 0 Å². The Morgan fingerprint density at radius 1 is 0.889 bits per heavy atom. The summed E-state index contributed by atoms with van der Waals surface area (Å²) in [7, 11) is 0. The number of primary amides is 2. The highest BCUT2D eigenvalue weighted by Crippen LogP contribution is 1.97. The first-order chi connectivity index (χ1) is 16.9. The number of carboxylic acid groups (broad SMARTS) is 1. The highest BCUT2D eigenvalue weighted by molar-refractivity contribution is 5.90. The Balaban J connectivity index is 4.16. The van der Waals surface area contributed by atoms with Gasteiger partial charge in [0, 0.05) is 13.0 Å². The van der Waals surface area contributed by atoms with Gasteiger partial charge in [0.25, 0.3) is 0 Å². The largest absolute Gasteiger partial charge is 0.481 e. The van der Waals surface area contributed by atoms with Gasteiger partial charge < -0.3 is 57.5 Å². The fourth-order valence-electron chi connectivity index (χ4n) is 2.50. The minimum absolute atomic E-state index is 0.00117. The third-order valence-corrected chi connectivity index (χ3v) is 4.36. The van der Waals surface area contributed by atoms with Crippen LogP contribution in [0.2, 0.25) is 0 Å². The second-order valence-electron chi connectivity index (χ2n) is 7.38. The van der Waals surface area contributed by atoms with Gasteiger partial charge in [0.2, 0.25) is 23.6 Å². The van der Waals surface area contributed by atoms with E-state index in [2.05, 4.69) is 21.3 Å². The summed E-state index contributed by atoms with van der Waals surface area (Å²) in [4.78, 5) is 68.7. The van der Waals surface area contributed by atoms with Crippen molar-refractivity contribution in [3.63, 3.8) is 0 Å². The quantitative estimate of drug-likeness (QED) is 0.0723. The predicted molar refractivity (Wildman–Crippen MR) is 120 cm³/mol. The van der Waals surface area contributed by atoms with E-state index in [-0.39, 0.29) is 32.8 Å². The molecule has 0 rings (SSSR count). The summed E-state index contributed by atoms with van der Waals surface area (Å²) in [5, 5.41) is 36.2. The van der Waals surface area contributed by atoms with Crippen molar-refractivity contribution in [2.45, 2.75) is 44.0 Å². The van der Waals surface area contributed by atoms with Crippen LogP contribution in [0.1, 0.15) is 19.8 Å². The molecule has 6 amide bonds. The van der Waals surface area contributed by atoms with E-state index in [1.807, 2.05) is 0 Å². The molecule has 0 heterocycles. The van der Waals surface area contributed by atoms with E-state index >= 15 is 0 Å². The molecule has 0 saturated heterocycles. The Kier molecular flexibility index (Phi) is 16.1. The molecule has 0 fully saturated rings. The lowest BCUT2D eigenvalue weighted by atomic mass is 10.1. The van der Waals surface area contributed by atoms with Gasteiger partial charge >= 0.3 is 12.0 Å². The van der Waals surface area contributed by atoms with Crippen molar-refractivity contribution in [3.05, 3.63) is 0 Å². The third kappa shape index (κ3) is 14.7. The normalized spacial score (nSPS) is 14.0. The molecular weight excluding hydrogens is 488 g/mol. The Morgan fingerprint density at radius 3 is 2.03 bits per heavy atom. The Morgan fingerprint density at radius 2 is 1.50 bits per heavy atom. The SMILES string of the molecule is CC(O)[C@H](NC(=O)COCCOCCNC(=O)[C@H](CO)NC(=O)N[C@@H](CCC(=O)O)C(N)=O)C(N)=O. The summed E-state index contributed by atoms with van der Waals surface area (Å²) in [5.74, 6) is -4.47. The van der Waals surface area contributed by atoms with Gasteiger partial charge in [0.1, 0.15) is 24.7 Å². The molecule has 1 unspecified atom stereocenters. The first-order valence-corrected chi connectivity index (χ1v) is 10.8. The number of urea groups is 1. The third-order valence-electron chi connectivity index (χ3n) is 4.36. The standard InChI is InChI=1S/C19H34N6O11/c1-10(27)15(17(21)32)25-13(28)9-36-7-6-35-5-4-22-18(33)12(8-26)24-19(34)23-11(16(20)31)2-3-14(29)30/h10-12,15,26-27H,2-9H2,1H3,(H2,20,31)(H2,21,32)(H,22,33)(H,25,28)(H,29,30)(H2,23,24,34)/t10?,11-,12-,15-/m0/s1. The number of carbonyl (C=O) groups is 6. The number of hydrogen-bond donors (Lipinski definition) is 9. The van der Waals surface area contributed by atoms with E-state index in [0.29, 0.717) is 0 Å². The molecule has 0 bridgehead atoms. The predicted octanol–water partition coefficient (Wildman–Crippen LogP) is -5.13. The van der Waals surface area contributed by atoms with Crippen molar-refractivity contribution in [3.8, 4) is 0 Å². The lowest BCUT2D eigenvalue weighted by Crippen LogP contribution is -2.55. The number of aliphatic hydroxyl groups is 2. The van der Waals surface area contributed by atoms with Crippen molar-refractivity contribution in [2.24, 2.45) is 11.5 Å². The van der Waals surface area contributed by atoms with Crippen LogP contribution in [0.5, 0.6) is 0 Å². The molecule has 0 aromatic carbocycles. The smallest absolute Gasteiger partial charge is 0.316 e. The summed E-state index contributed by atoms with van der Waals surface area (Å²) in [6.07, 6.45) is -1.85. The Hall–Kier alpha value is -3.54. The maximum atomic E-state index is 12.1. The molecule has 4 atom stereocenters. The van der Waals surface area contributed by atoms with E-state index in [1.54, 1.807) is 0 Å². The number of hydrogen-bond acceptors (Lipinski definition) is 10. The van der Waals surface area contributed by atoms with Crippen LogP contribution in [-0.4, -0.2) is 115 Å². The molecule has 0 aliphatic carbocycles. The van der Waals surface area contributed by atoms with Crippen molar-refractivity contribution >= 4 is 35.6 Å². The van der Waals surface area contributed by atoms with Gasteiger partial charge in [0.15, 0.2) is 0 Å². The van der Waals surface area contributed by atoms with Gasteiger partial charge in [-0.2, -0.15) is 0 Å². The average Bonchev–Trinajstić information content (AvgIpc) is 2.79. The number of nitrogens with one attached hydrogen (secondary N) is 4. The van der Waals surface area contributed by atoms with Crippen molar-refractivity contribution in [1.82, 2.24) is 21.3 Å². The van der Waals surface area contributed by atoms with Crippen LogP contribution in [0.4, 0.5) is 4.79 Å². The number of carbonyl (C=O) groups excluding carboxylic acids is 5. The first-order valence-electron chi connectivity index (χ1n) is 10.8. The summed E-state index contributed by atoms with van der Waals surface area (Å²) < 4.78 is 10.2. The van der Waals surface area contributed by atoms with Crippen LogP contribution in [-0.2, 0) is 33.4 Å². The second-order valence-corrected chi connectivity index (χ2v) is 7.38. The Labute approximate surface area is 206 Å². The molecule has 0 aromatic rings. The maximum absolute atomic E-state index is 12.1. The number of aliphatic carboxylic acids is 1. The zero-order valence-corrected chi connectivity index (χ0v) is 19.7. The van der Waals surface area contributed by atoms with Gasteiger partial charge in [0.05, 0.1) is 32.5 Å². The summed E-state index contributed by atoms with van der Waals surface area (Å²) >= 11 is 0. The van der Waals surface area contributed by atoms with Crippen LogP contribution < -0.4 is 32.7 Å². The van der Waals surface area contributed by atoms with Crippen LogP contribution in [0.15, 0.2) is 0 Å². The van der Waals surface area contributed by atoms with Gasteiger partial charge in [-0.1, -0.05) is 0 Å². The van der Waals surface area contributed by atoms with E-state index in [9.17, 15) is 39.0 Å². The lowest BCUT2D eigenvalue weighted by Gasteiger charge is -2.19. The number of nitrogens with two attached hydrogens (primary N) is 2. The second kappa shape index (κ2) is 17.8. The number of rotatable bonds is 19. The van der Waals surface area contributed by atoms with E-state index < -0.39 is 79.5 Å². The molecule has 0 radical (unpaired) electrons. The maximum Gasteiger partial charge on any atom is 0.316 e. The molecule has 36 heavy (non-hydrogen) atoms. The molecule has 206 valence electrons. The molecule has 11 N–H and O–H groups in total. The topological polar surface area (TPSA) is 282 Å². The van der Waals surface area contributed by atoms with Crippen LogP contribution >= 0.6 is 0 Å². The lowest BCUT2D eigenvalue weighted by molar-refractivity contribution is -0.137. The van der Waals surface area contributed by atoms with Crippen molar-refractivity contribution < 1.29 is 53.6 Å². The molecule has 17 nitrogen and oxygen atoms in total. The van der Waals surface area contributed by atoms with Gasteiger partial charge in [-0.25, -0.2) is 4.79 Å². The summed E-state index contributed by atoms with van der Waals surface area (Å²) in [5.41, 5.74) is 10.2. The van der Waals surface area contributed by atoms with Gasteiger partial charge in [-0.3, -0.25) is 24.0 Å². The van der Waals surface area contributed by atoms with Crippen LogP contribution in [0, 0.1) is 0 Å². The molecule has 0 spiro atoms. The molecule has 0 aliphatic heterocycles. The molecule has 0 aromatic heterocycles. The number of carboxylic acids is 1. The minimum Gasteiger partial charge on any atom is -0.481 e. The zero-order chi connectivity index (χ0) is 27.7. The summed E-state index contributed by atoms with van der Waals surface area (Å²) in [6.45, 7) is 0.191. The summed E-state index contributed by atoms with van der Waals surface area (Å²) in [6, 6.07) is -4.91. The van der Waals surface area contributed by atoms with Crippen molar-refractivity contribution in [2.75, 3.05) is 39.6 Å². The number of ether oxygens (including phenoxy) is 2. The molecule has 0 aliphatic rings. The van der Waals surface area contributed by atoms with Gasteiger partial charge in [-0.15, -0.1) is 0 Å². The highest BCUT2D eigenvalue weighted by Gasteiger charge is 2.24. The molecule has 0 saturated carbocycles. The number of amides is 6. The molecule has 17 heteroatoms. The average molecular weight is 523 g/mol. The minimum atomic E-state index is -1.37. The first kappa shape index (κ1) is 32.5. The monoisotopic (exact) mass is 522 g/mol.